The molecule has 7 nitrogen and oxygen atoms in total. The quantitative estimate of drug-likeness (QED) is 0.683. The van der Waals surface area contributed by atoms with E-state index in [2.05, 4.69) is 15.4 Å². The van der Waals surface area contributed by atoms with Crippen molar-refractivity contribution in [2.45, 2.75) is 6.04 Å². The first-order chi connectivity index (χ1) is 8.85. The molecule has 1 N–H and O–H groups in total. The Kier molecular flexibility index (Phi) is 2.20. The van der Waals surface area contributed by atoms with Gasteiger partial charge in [0.2, 0.25) is 6.41 Å². The molecular weight excluding hydrogens is 234 g/mol. The summed E-state index contributed by atoms with van der Waals surface area (Å²) in [6.07, 6.45) is 5.06. The number of aromatic nitrogens is 3. The molecule has 0 radical (unpaired) electrons. The van der Waals surface area contributed by atoms with Crippen LogP contribution >= 0.6 is 0 Å². The molecule has 0 saturated carbocycles. The van der Waals surface area contributed by atoms with E-state index < -0.39 is 6.04 Å². The Morgan fingerprint density at radius 3 is 3.28 bits per heavy atom. The highest BCUT2D eigenvalue weighted by molar-refractivity contribution is 5.91. The fourth-order valence-electron chi connectivity index (χ4n) is 1.90. The zero-order valence-corrected chi connectivity index (χ0v) is 9.07. The molecule has 18 heavy (non-hydrogen) atoms. The van der Waals surface area contributed by atoms with E-state index in [4.69, 9.17) is 9.68 Å². The predicted octanol–water partition coefficient (Wildman–Crippen LogP) is 0.786. The second kappa shape index (κ2) is 3.85. The lowest BCUT2D eigenvalue weighted by atomic mass is 10.1. The van der Waals surface area contributed by atoms with E-state index in [1.54, 1.807) is 16.8 Å². The van der Waals surface area contributed by atoms with Gasteiger partial charge in [0.15, 0.2) is 12.0 Å². The lowest BCUT2D eigenvalue weighted by molar-refractivity contribution is -0.109. The maximum absolute atomic E-state index is 10.5. The zero-order chi connectivity index (χ0) is 12.5. The zero-order valence-electron chi connectivity index (χ0n) is 9.07. The third-order valence-electron chi connectivity index (χ3n) is 2.68. The Morgan fingerprint density at radius 1 is 1.61 bits per heavy atom. The molecule has 3 rings (SSSR count). The number of oxazole rings is 1. The second-order valence-corrected chi connectivity index (χ2v) is 3.62. The molecule has 3 aromatic rings. The smallest absolute Gasteiger partial charge is 0.208 e. The molecule has 0 aliphatic heterocycles. The first kappa shape index (κ1) is 10.3. The molecule has 88 valence electrons. The van der Waals surface area contributed by atoms with Crippen molar-refractivity contribution in [3.05, 3.63) is 30.4 Å². The summed E-state index contributed by atoms with van der Waals surface area (Å²) in [6.45, 7) is 0. The van der Waals surface area contributed by atoms with Crippen LogP contribution in [-0.4, -0.2) is 21.0 Å². The van der Waals surface area contributed by atoms with Crippen molar-refractivity contribution in [1.82, 2.24) is 19.9 Å². The molecule has 1 unspecified atom stereocenters. The van der Waals surface area contributed by atoms with Gasteiger partial charge in [-0.05, 0) is 0 Å². The normalized spacial score (nSPS) is 12.4. The largest absolute Gasteiger partial charge is 0.443 e. The monoisotopic (exact) mass is 241 g/mol. The third-order valence-corrected chi connectivity index (χ3v) is 2.68. The van der Waals surface area contributed by atoms with Crippen LogP contribution in [0.2, 0.25) is 0 Å². The van der Waals surface area contributed by atoms with Crippen LogP contribution in [0.15, 0.2) is 29.3 Å². The first-order valence-electron chi connectivity index (χ1n) is 5.14. The van der Waals surface area contributed by atoms with Crippen molar-refractivity contribution in [3.63, 3.8) is 0 Å². The van der Waals surface area contributed by atoms with E-state index in [-0.39, 0.29) is 0 Å². The number of nitriles is 1. The highest BCUT2D eigenvalue weighted by Crippen LogP contribution is 2.25. The van der Waals surface area contributed by atoms with Gasteiger partial charge in [-0.25, -0.2) is 9.50 Å². The molecule has 0 saturated heterocycles. The maximum atomic E-state index is 10.5. The van der Waals surface area contributed by atoms with Crippen LogP contribution in [0.5, 0.6) is 0 Å². The van der Waals surface area contributed by atoms with Crippen LogP contribution in [0.1, 0.15) is 11.6 Å². The van der Waals surface area contributed by atoms with Crippen LogP contribution in [0, 0.1) is 11.3 Å². The van der Waals surface area contributed by atoms with Crippen molar-refractivity contribution >= 4 is 23.0 Å². The van der Waals surface area contributed by atoms with Gasteiger partial charge in [-0.15, -0.1) is 0 Å². The second-order valence-electron chi connectivity index (χ2n) is 3.62. The summed E-state index contributed by atoms with van der Waals surface area (Å²) >= 11 is 0. The Balaban J connectivity index is 2.32. The molecule has 0 spiro atoms. The summed E-state index contributed by atoms with van der Waals surface area (Å²) in [6, 6.07) is 2.98. The van der Waals surface area contributed by atoms with Crippen LogP contribution in [0.25, 0.3) is 16.6 Å². The van der Waals surface area contributed by atoms with Gasteiger partial charge < -0.3 is 9.73 Å². The van der Waals surface area contributed by atoms with Gasteiger partial charge in [-0.3, -0.25) is 4.79 Å². The predicted molar refractivity (Wildman–Crippen MR) is 60.3 cm³/mol. The lowest BCUT2D eigenvalue weighted by Crippen LogP contribution is -2.17. The van der Waals surface area contributed by atoms with Crippen LogP contribution < -0.4 is 5.32 Å². The molecule has 3 heterocycles. The molecule has 0 fully saturated rings. The average Bonchev–Trinajstić information content (AvgIpc) is 3.00. The van der Waals surface area contributed by atoms with E-state index in [9.17, 15) is 4.79 Å². The number of amides is 1. The number of fused-ring (bicyclic) bond motifs is 3. The Bertz CT molecular complexity index is 767. The Hall–Kier alpha value is -2.88. The Morgan fingerprint density at radius 2 is 2.50 bits per heavy atom. The van der Waals surface area contributed by atoms with Gasteiger partial charge in [0.25, 0.3) is 0 Å². The topological polar surface area (TPSA) is 96.2 Å². The summed E-state index contributed by atoms with van der Waals surface area (Å²) in [5.74, 6) is 0. The van der Waals surface area contributed by atoms with Crippen LogP contribution in [0.4, 0.5) is 0 Å². The SMILES string of the molecule is N#CC(NC=O)c1cnn2ccc3ocnc3c12. The van der Waals surface area contributed by atoms with E-state index in [1.165, 1.54) is 12.6 Å². The minimum absolute atomic E-state index is 0.486. The maximum Gasteiger partial charge on any atom is 0.208 e. The number of hydrogen-bond donors (Lipinski definition) is 1. The number of nitrogens with zero attached hydrogens (tertiary/aromatic N) is 4. The fraction of sp³-hybridized carbons (Fsp3) is 0.0909. The molecular formula is C11H7N5O2. The van der Waals surface area contributed by atoms with Gasteiger partial charge in [-0.1, -0.05) is 0 Å². The molecule has 0 aromatic carbocycles. The minimum Gasteiger partial charge on any atom is -0.443 e. The summed E-state index contributed by atoms with van der Waals surface area (Å²) in [7, 11) is 0. The number of carbonyl (C=O) groups is 1. The summed E-state index contributed by atoms with van der Waals surface area (Å²) in [5.41, 5.74) is 2.45. The van der Waals surface area contributed by atoms with Crippen molar-refractivity contribution in [2.24, 2.45) is 0 Å². The van der Waals surface area contributed by atoms with Gasteiger partial charge in [0.1, 0.15) is 17.1 Å². The van der Waals surface area contributed by atoms with Gasteiger partial charge in [0.05, 0.1) is 12.3 Å². The van der Waals surface area contributed by atoms with Crippen LogP contribution in [-0.2, 0) is 4.79 Å². The average molecular weight is 241 g/mol. The Labute approximate surface area is 101 Å². The van der Waals surface area contributed by atoms with Gasteiger partial charge in [-0.2, -0.15) is 10.4 Å². The third kappa shape index (κ3) is 1.33. The lowest BCUT2D eigenvalue weighted by Gasteiger charge is -2.05. The number of carbonyl (C=O) groups excluding carboxylic acids is 1. The van der Waals surface area contributed by atoms with Crippen molar-refractivity contribution in [2.75, 3.05) is 0 Å². The number of rotatable bonds is 3. The van der Waals surface area contributed by atoms with Crippen molar-refractivity contribution in [3.8, 4) is 6.07 Å². The fourth-order valence-corrected chi connectivity index (χ4v) is 1.90. The number of pyridine rings is 1. The standard InChI is InChI=1S/C11H7N5O2/c12-3-8(13-5-17)7-4-15-16-2-1-9-10(11(7)16)14-6-18-9/h1-2,4-6,8H,(H,13,17). The van der Waals surface area contributed by atoms with Crippen molar-refractivity contribution < 1.29 is 9.21 Å². The summed E-state index contributed by atoms with van der Waals surface area (Å²) < 4.78 is 6.79. The first-order valence-corrected chi connectivity index (χ1v) is 5.14. The molecule has 0 aliphatic carbocycles. The molecule has 7 heteroatoms. The minimum atomic E-state index is -0.762. The van der Waals surface area contributed by atoms with E-state index in [0.717, 1.165) is 0 Å². The molecule has 3 aromatic heterocycles. The van der Waals surface area contributed by atoms with E-state index in [1.807, 2.05) is 6.07 Å². The molecule has 0 aliphatic rings. The molecule has 1 atom stereocenters. The summed E-state index contributed by atoms with van der Waals surface area (Å²) in [5, 5.41) is 15.6. The molecule has 0 bridgehead atoms. The summed E-state index contributed by atoms with van der Waals surface area (Å²) in [4.78, 5) is 14.6. The number of hydrogen-bond acceptors (Lipinski definition) is 5. The van der Waals surface area contributed by atoms with Crippen LogP contribution in [0.3, 0.4) is 0 Å². The highest BCUT2D eigenvalue weighted by atomic mass is 16.3. The van der Waals surface area contributed by atoms with Crippen molar-refractivity contribution in [1.29, 1.82) is 5.26 Å². The van der Waals surface area contributed by atoms with Gasteiger partial charge >= 0.3 is 0 Å². The van der Waals surface area contributed by atoms with E-state index >= 15 is 0 Å². The van der Waals surface area contributed by atoms with E-state index in [0.29, 0.717) is 28.6 Å². The number of nitrogens with one attached hydrogen (secondary N) is 1. The van der Waals surface area contributed by atoms with Gasteiger partial charge in [0, 0.05) is 17.8 Å². The highest BCUT2D eigenvalue weighted by Gasteiger charge is 2.18. The molecule has 1 amide bonds.